The summed E-state index contributed by atoms with van der Waals surface area (Å²) in [4.78, 5) is 23.5. The van der Waals surface area contributed by atoms with Crippen LogP contribution in [0.4, 0.5) is 10.5 Å². The Morgan fingerprint density at radius 2 is 1.93 bits per heavy atom. The number of ether oxygens (including phenoxy) is 1. The lowest BCUT2D eigenvalue weighted by Gasteiger charge is -2.14. The maximum absolute atomic E-state index is 12.6. The average molecular weight is 421 g/mol. The molecule has 0 saturated heterocycles. The molecule has 0 aliphatic carbocycles. The van der Waals surface area contributed by atoms with Crippen molar-refractivity contribution in [3.8, 4) is 5.75 Å². The number of fused-ring (bicyclic) bond motifs is 1. The Hall–Kier alpha value is -2.70. The highest BCUT2D eigenvalue weighted by Crippen LogP contribution is 2.28. The van der Waals surface area contributed by atoms with Gasteiger partial charge < -0.3 is 19.7 Å². The molecule has 2 aromatic carbocycles. The average Bonchev–Trinajstić information content (AvgIpc) is 2.66. The fourth-order valence-corrected chi connectivity index (χ4v) is 3.29. The van der Waals surface area contributed by atoms with Crippen LogP contribution in [0.5, 0.6) is 5.75 Å². The van der Waals surface area contributed by atoms with E-state index in [0.717, 1.165) is 12.0 Å². The second kappa shape index (κ2) is 8.54. The quantitative estimate of drug-likeness (QED) is 0.545. The number of carboxylic acid groups (broad SMARTS) is 1. The molecule has 0 atom stereocenters. The van der Waals surface area contributed by atoms with E-state index < -0.39 is 11.6 Å². The number of carbonyl (C=O) groups is 1. The van der Waals surface area contributed by atoms with Gasteiger partial charge in [-0.05, 0) is 43.2 Å². The summed E-state index contributed by atoms with van der Waals surface area (Å²) in [6.45, 7) is 2.99. The minimum absolute atomic E-state index is 0.240. The molecule has 0 amide bonds. The van der Waals surface area contributed by atoms with E-state index in [-0.39, 0.29) is 5.75 Å². The number of benzene rings is 2. The number of nitrogens with zero attached hydrogens (tertiary/aromatic N) is 1. The van der Waals surface area contributed by atoms with Crippen LogP contribution in [0.3, 0.4) is 0 Å². The fourth-order valence-electron chi connectivity index (χ4n) is 2.94. The molecule has 0 aliphatic heterocycles. The van der Waals surface area contributed by atoms with Crippen molar-refractivity contribution in [3.05, 3.63) is 68.4 Å². The molecule has 0 spiro atoms. The van der Waals surface area contributed by atoms with Crippen LogP contribution in [0, 0.1) is 0 Å². The van der Waals surface area contributed by atoms with E-state index in [1.165, 1.54) is 6.20 Å². The maximum Gasteiger partial charge on any atom is 0.511 e. The first-order valence-electron chi connectivity index (χ1n) is 8.65. The monoisotopic (exact) mass is 420 g/mol. The fraction of sp³-hybridized carbons (Fsp3) is 0.200. The molecule has 0 unspecified atom stereocenters. The van der Waals surface area contributed by atoms with Gasteiger partial charge in [0.15, 0.2) is 5.75 Å². The van der Waals surface area contributed by atoms with Crippen molar-refractivity contribution in [3.63, 3.8) is 0 Å². The predicted molar refractivity (Wildman–Crippen MR) is 111 cm³/mol. The molecule has 0 aliphatic rings. The summed E-state index contributed by atoms with van der Waals surface area (Å²) in [5, 5.41) is 13.6. The van der Waals surface area contributed by atoms with Gasteiger partial charge in [-0.25, -0.2) is 4.79 Å². The minimum atomic E-state index is -1.53. The third-order valence-electron chi connectivity index (χ3n) is 4.32. The summed E-state index contributed by atoms with van der Waals surface area (Å²) in [5.74, 6) is -0.240. The van der Waals surface area contributed by atoms with Crippen LogP contribution >= 0.6 is 23.2 Å². The number of rotatable bonds is 6. The van der Waals surface area contributed by atoms with Crippen LogP contribution in [-0.4, -0.2) is 22.4 Å². The zero-order valence-corrected chi connectivity index (χ0v) is 16.5. The molecule has 2 N–H and O–H groups in total. The van der Waals surface area contributed by atoms with Gasteiger partial charge in [0.2, 0.25) is 5.43 Å². The van der Waals surface area contributed by atoms with Gasteiger partial charge in [-0.15, -0.1) is 0 Å². The highest BCUT2D eigenvalue weighted by atomic mass is 35.5. The molecule has 0 saturated carbocycles. The molecule has 0 bridgehead atoms. The lowest BCUT2D eigenvalue weighted by molar-refractivity contribution is 0.144. The number of nitrogens with one attached hydrogen (secondary N) is 1. The van der Waals surface area contributed by atoms with E-state index in [0.29, 0.717) is 39.7 Å². The Bertz CT molecular complexity index is 1080. The van der Waals surface area contributed by atoms with Crippen LogP contribution in [0.15, 0.2) is 47.4 Å². The maximum atomic E-state index is 12.6. The normalized spacial score (nSPS) is 10.8. The van der Waals surface area contributed by atoms with E-state index in [1.54, 1.807) is 16.7 Å². The summed E-state index contributed by atoms with van der Waals surface area (Å²) in [6, 6.07) is 10.9. The second-order valence-corrected chi connectivity index (χ2v) is 6.97. The van der Waals surface area contributed by atoms with E-state index in [9.17, 15) is 9.59 Å². The third-order valence-corrected chi connectivity index (χ3v) is 4.88. The Morgan fingerprint density at radius 1 is 1.21 bits per heavy atom. The van der Waals surface area contributed by atoms with Gasteiger partial charge in [0.05, 0.1) is 27.8 Å². The first kappa shape index (κ1) is 20.0. The molecular formula is C20H18Cl2N2O4. The number of hydrogen-bond donors (Lipinski definition) is 2. The molecule has 146 valence electrons. The van der Waals surface area contributed by atoms with Crippen LogP contribution < -0.4 is 15.5 Å². The van der Waals surface area contributed by atoms with Crippen molar-refractivity contribution in [1.82, 2.24) is 4.57 Å². The van der Waals surface area contributed by atoms with Gasteiger partial charge in [0, 0.05) is 18.1 Å². The zero-order valence-electron chi connectivity index (χ0n) is 15.0. The highest BCUT2D eigenvalue weighted by molar-refractivity contribution is 6.34. The number of anilines is 1. The van der Waals surface area contributed by atoms with E-state index in [1.807, 2.05) is 31.2 Å². The number of halogens is 2. The molecule has 0 fully saturated rings. The van der Waals surface area contributed by atoms with Crippen molar-refractivity contribution in [2.45, 2.75) is 19.9 Å². The number of aromatic nitrogens is 1. The molecule has 3 aromatic rings. The Balaban J connectivity index is 1.91. The number of pyridine rings is 1. The molecule has 8 heteroatoms. The number of hydrogen-bond acceptors (Lipinski definition) is 4. The Labute approximate surface area is 171 Å². The molecule has 1 aromatic heterocycles. The van der Waals surface area contributed by atoms with Crippen molar-refractivity contribution in [2.24, 2.45) is 0 Å². The standard InChI is InChI=1S/C20H18Cl2N2O4/c1-2-24-11-18(28-20(26)27)19(25)14-9-16(15(22)10-17(14)24)23-8-7-12-3-5-13(21)6-4-12/h3-6,9-11,23H,2,7-8H2,1H3,(H,26,27). The molecule has 0 radical (unpaired) electrons. The SMILES string of the molecule is CCn1cc(OC(=O)O)c(=O)c2cc(NCCc3ccc(Cl)cc3)c(Cl)cc21. The first-order chi connectivity index (χ1) is 13.4. The van der Waals surface area contributed by atoms with Crippen molar-refractivity contribution in [1.29, 1.82) is 0 Å². The zero-order chi connectivity index (χ0) is 20.3. The molecule has 6 nitrogen and oxygen atoms in total. The second-order valence-electron chi connectivity index (χ2n) is 6.13. The summed E-state index contributed by atoms with van der Waals surface area (Å²) < 4.78 is 6.35. The highest BCUT2D eigenvalue weighted by Gasteiger charge is 2.15. The molecular weight excluding hydrogens is 403 g/mol. The predicted octanol–water partition coefficient (Wildman–Crippen LogP) is 5.04. The van der Waals surface area contributed by atoms with Crippen LogP contribution in [-0.2, 0) is 13.0 Å². The van der Waals surface area contributed by atoms with Gasteiger partial charge in [-0.1, -0.05) is 35.3 Å². The van der Waals surface area contributed by atoms with Gasteiger partial charge in [-0.2, -0.15) is 0 Å². The Morgan fingerprint density at radius 3 is 2.57 bits per heavy atom. The van der Waals surface area contributed by atoms with Crippen molar-refractivity contribution >= 4 is 45.9 Å². The van der Waals surface area contributed by atoms with Crippen LogP contribution in [0.2, 0.25) is 10.0 Å². The third kappa shape index (κ3) is 4.40. The smallest absolute Gasteiger partial charge is 0.449 e. The topological polar surface area (TPSA) is 80.6 Å². The number of aryl methyl sites for hydroxylation is 1. The van der Waals surface area contributed by atoms with Gasteiger partial charge in [0.1, 0.15) is 0 Å². The van der Waals surface area contributed by atoms with E-state index >= 15 is 0 Å². The lowest BCUT2D eigenvalue weighted by atomic mass is 10.1. The van der Waals surface area contributed by atoms with Crippen LogP contribution in [0.1, 0.15) is 12.5 Å². The van der Waals surface area contributed by atoms with E-state index in [4.69, 9.17) is 28.3 Å². The molecule has 3 rings (SSSR count). The molecule has 1 heterocycles. The largest absolute Gasteiger partial charge is 0.511 e. The lowest BCUT2D eigenvalue weighted by Crippen LogP contribution is -2.16. The Kier molecular flexibility index (Phi) is 6.11. The first-order valence-corrected chi connectivity index (χ1v) is 9.40. The van der Waals surface area contributed by atoms with Crippen molar-refractivity contribution in [2.75, 3.05) is 11.9 Å². The minimum Gasteiger partial charge on any atom is -0.449 e. The van der Waals surface area contributed by atoms with Crippen LogP contribution in [0.25, 0.3) is 10.9 Å². The van der Waals surface area contributed by atoms with Crippen molar-refractivity contribution < 1.29 is 14.6 Å². The van der Waals surface area contributed by atoms with Gasteiger partial charge in [0.25, 0.3) is 0 Å². The van der Waals surface area contributed by atoms with Gasteiger partial charge in [-0.3, -0.25) is 4.79 Å². The molecule has 28 heavy (non-hydrogen) atoms. The van der Waals surface area contributed by atoms with Gasteiger partial charge >= 0.3 is 6.16 Å². The van der Waals surface area contributed by atoms with E-state index in [2.05, 4.69) is 10.1 Å². The summed E-state index contributed by atoms with van der Waals surface area (Å²) >= 11 is 12.3. The summed E-state index contributed by atoms with van der Waals surface area (Å²) in [5.41, 5.74) is 1.81. The summed E-state index contributed by atoms with van der Waals surface area (Å²) in [7, 11) is 0. The summed E-state index contributed by atoms with van der Waals surface area (Å²) in [6.07, 6.45) is 0.588.